The fraction of sp³-hybridized carbons (Fsp3) is 0.455. The van der Waals surface area contributed by atoms with E-state index in [0.29, 0.717) is 12.1 Å². The van der Waals surface area contributed by atoms with Gasteiger partial charge in [-0.3, -0.25) is 9.78 Å². The van der Waals surface area contributed by atoms with Crippen LogP contribution in [0.15, 0.2) is 24.5 Å². The minimum absolute atomic E-state index is 0.0532. The Balaban J connectivity index is 2.04. The van der Waals surface area contributed by atoms with Crippen LogP contribution in [0.1, 0.15) is 29.6 Å². The minimum Gasteiger partial charge on any atom is -0.345 e. The number of rotatable bonds is 3. The molecule has 80 valence electrons. The second kappa shape index (κ2) is 3.98. The predicted octanol–water partition coefficient (Wildman–Crippen LogP) is 0.693. The Morgan fingerprint density at radius 2 is 2.13 bits per heavy atom. The van der Waals surface area contributed by atoms with E-state index in [1.807, 2.05) is 0 Å². The molecule has 0 radical (unpaired) electrons. The number of amides is 1. The lowest BCUT2D eigenvalue weighted by atomic mass is 9.76. The normalized spacial score (nSPS) is 17.9. The SMILES string of the molecule is NCC1(NC(=O)c2ccncc2)CCC1. The summed E-state index contributed by atoms with van der Waals surface area (Å²) in [7, 11) is 0. The molecule has 1 fully saturated rings. The lowest BCUT2D eigenvalue weighted by molar-refractivity contribution is 0.0837. The van der Waals surface area contributed by atoms with E-state index < -0.39 is 0 Å². The maximum atomic E-state index is 11.8. The van der Waals surface area contributed by atoms with Crippen LogP contribution in [0.3, 0.4) is 0 Å². The average Bonchev–Trinajstić information content (AvgIpc) is 2.24. The molecule has 0 aromatic carbocycles. The van der Waals surface area contributed by atoms with Gasteiger partial charge in [0.25, 0.3) is 5.91 Å². The van der Waals surface area contributed by atoms with Crippen LogP contribution in [0, 0.1) is 0 Å². The molecular formula is C11H15N3O. The molecule has 4 nitrogen and oxygen atoms in total. The fourth-order valence-electron chi connectivity index (χ4n) is 1.80. The van der Waals surface area contributed by atoms with Gasteiger partial charge in [0.15, 0.2) is 0 Å². The number of nitrogens with one attached hydrogen (secondary N) is 1. The molecule has 4 heteroatoms. The summed E-state index contributed by atoms with van der Waals surface area (Å²) in [6.07, 6.45) is 6.35. The van der Waals surface area contributed by atoms with Crippen molar-refractivity contribution in [1.29, 1.82) is 0 Å². The summed E-state index contributed by atoms with van der Waals surface area (Å²) in [5.74, 6) is -0.0532. The Morgan fingerprint density at radius 1 is 1.47 bits per heavy atom. The molecular weight excluding hydrogens is 190 g/mol. The zero-order valence-electron chi connectivity index (χ0n) is 8.57. The third kappa shape index (κ3) is 1.99. The first kappa shape index (κ1) is 10.1. The van der Waals surface area contributed by atoms with E-state index >= 15 is 0 Å². The van der Waals surface area contributed by atoms with Crippen molar-refractivity contribution in [3.63, 3.8) is 0 Å². The molecule has 1 amide bonds. The molecule has 1 aliphatic carbocycles. The highest BCUT2D eigenvalue weighted by Gasteiger charge is 2.36. The molecule has 15 heavy (non-hydrogen) atoms. The molecule has 0 atom stereocenters. The van der Waals surface area contributed by atoms with Crippen LogP contribution in [0.4, 0.5) is 0 Å². The lowest BCUT2D eigenvalue weighted by Gasteiger charge is -2.41. The van der Waals surface area contributed by atoms with Crippen molar-refractivity contribution >= 4 is 5.91 Å². The highest BCUT2D eigenvalue weighted by atomic mass is 16.1. The topological polar surface area (TPSA) is 68.0 Å². The maximum absolute atomic E-state index is 11.8. The van der Waals surface area contributed by atoms with Crippen molar-refractivity contribution in [2.24, 2.45) is 5.73 Å². The van der Waals surface area contributed by atoms with Gasteiger partial charge in [-0.1, -0.05) is 0 Å². The number of nitrogens with two attached hydrogens (primary N) is 1. The first-order valence-electron chi connectivity index (χ1n) is 5.18. The number of aromatic nitrogens is 1. The fourth-order valence-corrected chi connectivity index (χ4v) is 1.80. The van der Waals surface area contributed by atoms with Gasteiger partial charge in [-0.2, -0.15) is 0 Å². The van der Waals surface area contributed by atoms with E-state index in [0.717, 1.165) is 19.3 Å². The molecule has 1 aromatic heterocycles. The van der Waals surface area contributed by atoms with Crippen molar-refractivity contribution in [3.05, 3.63) is 30.1 Å². The highest BCUT2D eigenvalue weighted by Crippen LogP contribution is 2.30. The smallest absolute Gasteiger partial charge is 0.251 e. The van der Waals surface area contributed by atoms with Crippen LogP contribution in [0.5, 0.6) is 0 Å². The number of carbonyl (C=O) groups is 1. The van der Waals surface area contributed by atoms with Gasteiger partial charge in [0.05, 0.1) is 5.54 Å². The number of nitrogens with zero attached hydrogens (tertiary/aromatic N) is 1. The Bertz CT molecular complexity index is 341. The van der Waals surface area contributed by atoms with E-state index in [2.05, 4.69) is 10.3 Å². The second-order valence-corrected chi connectivity index (χ2v) is 4.03. The van der Waals surface area contributed by atoms with Crippen LogP contribution in [0.25, 0.3) is 0 Å². The van der Waals surface area contributed by atoms with E-state index in [-0.39, 0.29) is 11.4 Å². The molecule has 0 saturated heterocycles. The number of hydrogen-bond donors (Lipinski definition) is 2. The highest BCUT2D eigenvalue weighted by molar-refractivity contribution is 5.94. The van der Waals surface area contributed by atoms with Crippen molar-refractivity contribution in [1.82, 2.24) is 10.3 Å². The van der Waals surface area contributed by atoms with E-state index in [1.165, 1.54) is 0 Å². The lowest BCUT2D eigenvalue weighted by Crippen LogP contribution is -2.58. The Hall–Kier alpha value is -1.42. The zero-order valence-corrected chi connectivity index (χ0v) is 8.57. The van der Waals surface area contributed by atoms with Crippen molar-refractivity contribution in [2.75, 3.05) is 6.54 Å². The summed E-state index contributed by atoms with van der Waals surface area (Å²) in [6, 6.07) is 3.41. The second-order valence-electron chi connectivity index (χ2n) is 4.03. The van der Waals surface area contributed by atoms with Gasteiger partial charge in [0.2, 0.25) is 0 Å². The quantitative estimate of drug-likeness (QED) is 0.763. The first-order chi connectivity index (χ1) is 7.26. The predicted molar refractivity (Wildman–Crippen MR) is 57.3 cm³/mol. The Kier molecular flexibility index (Phi) is 2.68. The van der Waals surface area contributed by atoms with E-state index in [1.54, 1.807) is 24.5 Å². The molecule has 0 unspecified atom stereocenters. The summed E-state index contributed by atoms with van der Waals surface area (Å²) in [4.78, 5) is 15.7. The van der Waals surface area contributed by atoms with Crippen LogP contribution < -0.4 is 11.1 Å². The Labute approximate surface area is 88.9 Å². The molecule has 1 heterocycles. The Morgan fingerprint density at radius 3 is 2.60 bits per heavy atom. The van der Waals surface area contributed by atoms with Gasteiger partial charge < -0.3 is 11.1 Å². The molecule has 0 spiro atoms. The van der Waals surface area contributed by atoms with Crippen molar-refractivity contribution in [2.45, 2.75) is 24.8 Å². The van der Waals surface area contributed by atoms with Crippen LogP contribution in [-0.2, 0) is 0 Å². The summed E-state index contributed by atoms with van der Waals surface area (Å²) >= 11 is 0. The van der Waals surface area contributed by atoms with Gasteiger partial charge in [-0.15, -0.1) is 0 Å². The van der Waals surface area contributed by atoms with Gasteiger partial charge >= 0.3 is 0 Å². The van der Waals surface area contributed by atoms with Crippen molar-refractivity contribution in [3.8, 4) is 0 Å². The molecule has 2 rings (SSSR count). The largest absolute Gasteiger partial charge is 0.345 e. The van der Waals surface area contributed by atoms with Gasteiger partial charge in [-0.05, 0) is 31.4 Å². The summed E-state index contributed by atoms with van der Waals surface area (Å²) < 4.78 is 0. The molecule has 0 bridgehead atoms. The summed E-state index contributed by atoms with van der Waals surface area (Å²) in [5, 5.41) is 3.00. The summed E-state index contributed by atoms with van der Waals surface area (Å²) in [5.41, 5.74) is 6.16. The monoisotopic (exact) mass is 205 g/mol. The molecule has 1 saturated carbocycles. The third-order valence-electron chi connectivity index (χ3n) is 3.02. The van der Waals surface area contributed by atoms with Gasteiger partial charge in [-0.25, -0.2) is 0 Å². The first-order valence-corrected chi connectivity index (χ1v) is 5.18. The van der Waals surface area contributed by atoms with Gasteiger partial charge in [0, 0.05) is 24.5 Å². The number of pyridine rings is 1. The molecule has 1 aromatic rings. The average molecular weight is 205 g/mol. The van der Waals surface area contributed by atoms with Crippen LogP contribution in [-0.4, -0.2) is 23.0 Å². The molecule has 3 N–H and O–H groups in total. The van der Waals surface area contributed by atoms with Gasteiger partial charge in [0.1, 0.15) is 0 Å². The van der Waals surface area contributed by atoms with Crippen molar-refractivity contribution < 1.29 is 4.79 Å². The van der Waals surface area contributed by atoms with E-state index in [4.69, 9.17) is 5.73 Å². The summed E-state index contributed by atoms with van der Waals surface area (Å²) in [6.45, 7) is 0.518. The van der Waals surface area contributed by atoms with Crippen LogP contribution >= 0.6 is 0 Å². The molecule has 0 aliphatic heterocycles. The van der Waals surface area contributed by atoms with E-state index in [9.17, 15) is 4.79 Å². The van der Waals surface area contributed by atoms with Crippen LogP contribution in [0.2, 0.25) is 0 Å². The third-order valence-corrected chi connectivity index (χ3v) is 3.02. The minimum atomic E-state index is -0.152. The number of carbonyl (C=O) groups excluding carboxylic acids is 1. The maximum Gasteiger partial charge on any atom is 0.251 e. The standard InChI is InChI=1S/C11H15N3O/c12-8-11(4-1-5-11)14-10(15)9-2-6-13-7-3-9/h2-3,6-7H,1,4-5,8,12H2,(H,14,15). The molecule has 1 aliphatic rings. The number of hydrogen-bond acceptors (Lipinski definition) is 3. The zero-order chi connectivity index (χ0) is 10.7.